The van der Waals surface area contributed by atoms with Gasteiger partial charge in [0.15, 0.2) is 0 Å². The molecule has 20 heavy (non-hydrogen) atoms. The Morgan fingerprint density at radius 1 is 1.55 bits per heavy atom. The van der Waals surface area contributed by atoms with Crippen LogP contribution in [-0.2, 0) is 9.59 Å². The fraction of sp³-hybridized carbons (Fsp3) is 0.667. The Balaban J connectivity index is 1.68. The van der Waals surface area contributed by atoms with Gasteiger partial charge in [0.25, 0.3) is 0 Å². The molecule has 1 atom stereocenters. The van der Waals surface area contributed by atoms with Gasteiger partial charge < -0.3 is 16.0 Å². The number of nitrogen functional groups attached to an aromatic ring is 1. The number of aromatic nitrogens is 2. The molecule has 7 nitrogen and oxygen atoms in total. The minimum Gasteiger partial charge on any atom is -0.374 e. The normalized spacial score (nSPS) is 16.4. The lowest BCUT2D eigenvalue weighted by molar-refractivity contribution is -0.128. The van der Waals surface area contributed by atoms with E-state index in [2.05, 4.69) is 15.5 Å². The number of amides is 2. The van der Waals surface area contributed by atoms with Gasteiger partial charge in [-0.1, -0.05) is 11.3 Å². The number of nitrogens with two attached hydrogens (primary N) is 1. The minimum absolute atomic E-state index is 0.0436. The molecule has 1 unspecified atom stereocenters. The molecule has 1 aromatic heterocycles. The van der Waals surface area contributed by atoms with Crippen molar-refractivity contribution < 1.29 is 9.59 Å². The van der Waals surface area contributed by atoms with Crippen molar-refractivity contribution in [2.75, 3.05) is 18.8 Å². The second-order valence-electron chi connectivity index (χ2n) is 4.86. The van der Waals surface area contributed by atoms with Crippen molar-refractivity contribution in [2.24, 2.45) is 0 Å². The van der Waals surface area contributed by atoms with Gasteiger partial charge >= 0.3 is 0 Å². The Morgan fingerprint density at radius 2 is 2.35 bits per heavy atom. The molecule has 3 N–H and O–H groups in total. The van der Waals surface area contributed by atoms with E-state index in [1.165, 1.54) is 11.3 Å². The predicted molar refractivity (Wildman–Crippen MR) is 75.9 cm³/mol. The van der Waals surface area contributed by atoms with Gasteiger partial charge in [-0.2, -0.15) is 0 Å². The summed E-state index contributed by atoms with van der Waals surface area (Å²) in [6.07, 6.45) is 2.66. The number of rotatable bonds is 6. The molecule has 0 radical (unpaired) electrons. The maximum absolute atomic E-state index is 11.8. The van der Waals surface area contributed by atoms with Crippen LogP contribution in [0, 0.1) is 0 Å². The van der Waals surface area contributed by atoms with Crippen molar-refractivity contribution in [1.29, 1.82) is 0 Å². The highest BCUT2D eigenvalue weighted by atomic mass is 32.1. The Hall–Kier alpha value is -1.70. The third-order valence-corrected chi connectivity index (χ3v) is 4.14. The van der Waals surface area contributed by atoms with Crippen molar-refractivity contribution >= 4 is 28.3 Å². The predicted octanol–water partition coefficient (Wildman–Crippen LogP) is 0.700. The molecule has 1 fully saturated rings. The van der Waals surface area contributed by atoms with E-state index < -0.39 is 0 Å². The van der Waals surface area contributed by atoms with Gasteiger partial charge in [0.2, 0.25) is 16.9 Å². The number of hydrogen-bond acceptors (Lipinski definition) is 6. The largest absolute Gasteiger partial charge is 0.374 e. The molecule has 8 heteroatoms. The van der Waals surface area contributed by atoms with E-state index in [9.17, 15) is 9.59 Å². The molecule has 2 amide bonds. The van der Waals surface area contributed by atoms with Crippen molar-refractivity contribution in [2.45, 2.75) is 38.6 Å². The standard InChI is InChI=1S/C12H19N5O2S/c1-8(11-15-16-12(13)20-11)14-9(18)4-2-6-17-7-3-5-10(17)19/h8H,2-7H2,1H3,(H2,13,16)(H,14,18). The van der Waals surface area contributed by atoms with E-state index in [0.29, 0.717) is 35.9 Å². The first-order valence-corrected chi connectivity index (χ1v) is 7.54. The third-order valence-electron chi connectivity index (χ3n) is 3.21. The topological polar surface area (TPSA) is 101 Å². The lowest BCUT2D eigenvalue weighted by Gasteiger charge is -2.15. The van der Waals surface area contributed by atoms with Gasteiger partial charge in [-0.05, 0) is 19.8 Å². The molecular weight excluding hydrogens is 278 g/mol. The molecular formula is C12H19N5O2S. The van der Waals surface area contributed by atoms with E-state index in [-0.39, 0.29) is 17.9 Å². The average molecular weight is 297 g/mol. The van der Waals surface area contributed by atoms with Crippen molar-refractivity contribution in [3.8, 4) is 0 Å². The van der Waals surface area contributed by atoms with E-state index >= 15 is 0 Å². The highest BCUT2D eigenvalue weighted by Gasteiger charge is 2.20. The SMILES string of the molecule is CC(NC(=O)CCCN1CCCC1=O)c1nnc(N)s1. The summed E-state index contributed by atoms with van der Waals surface area (Å²) in [6, 6.07) is -0.189. The number of nitrogens with one attached hydrogen (secondary N) is 1. The van der Waals surface area contributed by atoms with Crippen LogP contribution in [0.5, 0.6) is 0 Å². The molecule has 0 aliphatic carbocycles. The Morgan fingerprint density at radius 3 is 2.95 bits per heavy atom. The maximum Gasteiger partial charge on any atom is 0.222 e. The van der Waals surface area contributed by atoms with Crippen LogP contribution in [-0.4, -0.2) is 40.0 Å². The summed E-state index contributed by atoms with van der Waals surface area (Å²) >= 11 is 1.27. The Bertz CT molecular complexity index is 490. The zero-order valence-corrected chi connectivity index (χ0v) is 12.3. The van der Waals surface area contributed by atoms with E-state index in [1.54, 1.807) is 0 Å². The molecule has 0 saturated carbocycles. The second-order valence-corrected chi connectivity index (χ2v) is 5.90. The maximum atomic E-state index is 11.8. The first kappa shape index (κ1) is 14.7. The summed E-state index contributed by atoms with van der Waals surface area (Å²) in [5, 5.41) is 11.6. The molecule has 1 aliphatic rings. The van der Waals surface area contributed by atoms with Crippen LogP contribution in [0.1, 0.15) is 43.7 Å². The van der Waals surface area contributed by atoms with Gasteiger partial charge in [0.05, 0.1) is 6.04 Å². The van der Waals surface area contributed by atoms with Crippen LogP contribution >= 0.6 is 11.3 Å². The molecule has 1 aliphatic heterocycles. The fourth-order valence-electron chi connectivity index (χ4n) is 2.17. The number of likely N-dealkylation sites (tertiary alicyclic amines) is 1. The van der Waals surface area contributed by atoms with Crippen LogP contribution in [0.25, 0.3) is 0 Å². The summed E-state index contributed by atoms with van der Waals surface area (Å²) in [5.41, 5.74) is 5.51. The second kappa shape index (κ2) is 6.65. The summed E-state index contributed by atoms with van der Waals surface area (Å²) in [6.45, 7) is 3.33. The van der Waals surface area contributed by atoms with Gasteiger partial charge in [0, 0.05) is 25.9 Å². The quantitative estimate of drug-likeness (QED) is 0.805. The van der Waals surface area contributed by atoms with Gasteiger partial charge in [-0.15, -0.1) is 10.2 Å². The van der Waals surface area contributed by atoms with Gasteiger partial charge in [-0.3, -0.25) is 9.59 Å². The highest BCUT2D eigenvalue weighted by molar-refractivity contribution is 7.15. The average Bonchev–Trinajstić information content (AvgIpc) is 2.99. The number of anilines is 1. The number of hydrogen-bond donors (Lipinski definition) is 2. The molecule has 0 bridgehead atoms. The summed E-state index contributed by atoms with van der Waals surface area (Å²) < 4.78 is 0. The zero-order chi connectivity index (χ0) is 14.5. The third kappa shape index (κ3) is 3.89. The molecule has 1 aromatic rings. The van der Waals surface area contributed by atoms with Crippen molar-refractivity contribution in [3.05, 3.63) is 5.01 Å². The van der Waals surface area contributed by atoms with Crippen LogP contribution in [0.4, 0.5) is 5.13 Å². The fourth-order valence-corrected chi connectivity index (χ4v) is 2.78. The highest BCUT2D eigenvalue weighted by Crippen LogP contribution is 2.19. The summed E-state index contributed by atoms with van der Waals surface area (Å²) in [4.78, 5) is 25.0. The molecule has 0 spiro atoms. The van der Waals surface area contributed by atoms with Crippen molar-refractivity contribution in [1.82, 2.24) is 20.4 Å². The van der Waals surface area contributed by atoms with Crippen LogP contribution in [0.15, 0.2) is 0 Å². The van der Waals surface area contributed by atoms with E-state index in [1.807, 2.05) is 11.8 Å². The van der Waals surface area contributed by atoms with Gasteiger partial charge in [-0.25, -0.2) is 0 Å². The zero-order valence-electron chi connectivity index (χ0n) is 11.5. The number of nitrogens with zero attached hydrogens (tertiary/aromatic N) is 3. The van der Waals surface area contributed by atoms with Crippen molar-refractivity contribution in [3.63, 3.8) is 0 Å². The number of carbonyl (C=O) groups is 2. The molecule has 0 aromatic carbocycles. The van der Waals surface area contributed by atoms with Crippen LogP contribution in [0.2, 0.25) is 0 Å². The Kier molecular flexibility index (Phi) is 4.89. The van der Waals surface area contributed by atoms with Gasteiger partial charge in [0.1, 0.15) is 5.01 Å². The summed E-state index contributed by atoms with van der Waals surface area (Å²) in [5.74, 6) is 0.154. The summed E-state index contributed by atoms with van der Waals surface area (Å²) in [7, 11) is 0. The van der Waals surface area contributed by atoms with E-state index in [0.717, 1.165) is 13.0 Å². The first-order chi connectivity index (χ1) is 9.56. The molecule has 1 saturated heterocycles. The number of carbonyl (C=O) groups excluding carboxylic acids is 2. The smallest absolute Gasteiger partial charge is 0.222 e. The minimum atomic E-state index is -0.189. The monoisotopic (exact) mass is 297 g/mol. The lowest BCUT2D eigenvalue weighted by Crippen LogP contribution is -2.29. The van der Waals surface area contributed by atoms with Crippen LogP contribution in [0.3, 0.4) is 0 Å². The molecule has 2 heterocycles. The molecule has 110 valence electrons. The lowest BCUT2D eigenvalue weighted by atomic mass is 10.2. The molecule has 2 rings (SSSR count). The van der Waals surface area contributed by atoms with Crippen LogP contribution < -0.4 is 11.1 Å². The van der Waals surface area contributed by atoms with E-state index in [4.69, 9.17) is 5.73 Å². The Labute approximate surface area is 121 Å². The first-order valence-electron chi connectivity index (χ1n) is 6.72.